The quantitative estimate of drug-likeness (QED) is 0.816. The van der Waals surface area contributed by atoms with Gasteiger partial charge in [0.25, 0.3) is 0 Å². The molecule has 2 aromatic rings. The van der Waals surface area contributed by atoms with E-state index in [9.17, 15) is 9.90 Å². The molecule has 0 aliphatic carbocycles. The van der Waals surface area contributed by atoms with Gasteiger partial charge in [-0.2, -0.15) is 0 Å². The van der Waals surface area contributed by atoms with E-state index in [0.717, 1.165) is 5.56 Å². The Bertz CT molecular complexity index is 519. The molecule has 0 spiro atoms. The van der Waals surface area contributed by atoms with Gasteiger partial charge in [-0.3, -0.25) is 4.79 Å². The molecule has 0 amide bonds. The van der Waals surface area contributed by atoms with Crippen molar-refractivity contribution in [2.45, 2.75) is 12.5 Å². The van der Waals surface area contributed by atoms with E-state index in [1.54, 1.807) is 18.2 Å². The second-order valence-electron chi connectivity index (χ2n) is 4.07. The van der Waals surface area contributed by atoms with Gasteiger partial charge in [0.05, 0.1) is 0 Å². The second-order valence-corrected chi connectivity index (χ2v) is 4.07. The van der Waals surface area contributed by atoms with Crippen LogP contribution >= 0.6 is 0 Å². The van der Waals surface area contributed by atoms with E-state index in [0.29, 0.717) is 17.4 Å². The standard InChI is InChI=1S/C15H14O2/c1-12-7-5-6-10-14(12)15(17,11-16)13-8-3-2-4-9-13/h2-11,17H,1H3. The Morgan fingerprint density at radius 2 is 1.59 bits per heavy atom. The van der Waals surface area contributed by atoms with Gasteiger partial charge in [-0.25, -0.2) is 0 Å². The molecule has 0 saturated heterocycles. The Kier molecular flexibility index (Phi) is 3.07. The summed E-state index contributed by atoms with van der Waals surface area (Å²) in [6.07, 6.45) is 0.588. The van der Waals surface area contributed by atoms with Crippen LogP contribution in [-0.2, 0) is 10.4 Å². The fourth-order valence-electron chi connectivity index (χ4n) is 1.98. The minimum atomic E-state index is -1.56. The molecular formula is C15H14O2. The molecule has 86 valence electrons. The van der Waals surface area contributed by atoms with Crippen molar-refractivity contribution in [1.82, 2.24) is 0 Å². The van der Waals surface area contributed by atoms with E-state index in [4.69, 9.17) is 0 Å². The fourth-order valence-corrected chi connectivity index (χ4v) is 1.98. The van der Waals surface area contributed by atoms with Gasteiger partial charge in [-0.15, -0.1) is 0 Å². The highest BCUT2D eigenvalue weighted by Gasteiger charge is 2.32. The zero-order chi connectivity index (χ0) is 12.3. The van der Waals surface area contributed by atoms with E-state index in [-0.39, 0.29) is 0 Å². The minimum absolute atomic E-state index is 0.587. The largest absolute Gasteiger partial charge is 0.373 e. The zero-order valence-electron chi connectivity index (χ0n) is 9.63. The van der Waals surface area contributed by atoms with E-state index in [1.165, 1.54) is 0 Å². The monoisotopic (exact) mass is 226 g/mol. The SMILES string of the molecule is Cc1ccccc1C(O)(C=O)c1ccccc1. The van der Waals surface area contributed by atoms with Gasteiger partial charge in [0.2, 0.25) is 0 Å². The van der Waals surface area contributed by atoms with Crippen molar-refractivity contribution >= 4 is 6.29 Å². The average molecular weight is 226 g/mol. The summed E-state index contributed by atoms with van der Waals surface area (Å²) in [5, 5.41) is 10.6. The Balaban J connectivity index is 2.60. The van der Waals surface area contributed by atoms with Gasteiger partial charge in [0.1, 0.15) is 0 Å². The molecule has 2 rings (SSSR count). The Morgan fingerprint density at radius 3 is 2.18 bits per heavy atom. The smallest absolute Gasteiger partial charge is 0.170 e. The van der Waals surface area contributed by atoms with Crippen LogP contribution in [0.1, 0.15) is 16.7 Å². The number of aldehydes is 1. The van der Waals surface area contributed by atoms with Crippen molar-refractivity contribution in [3.63, 3.8) is 0 Å². The van der Waals surface area contributed by atoms with Crippen molar-refractivity contribution in [3.05, 3.63) is 71.3 Å². The first-order valence-corrected chi connectivity index (χ1v) is 5.49. The summed E-state index contributed by atoms with van der Waals surface area (Å²) in [6, 6.07) is 16.3. The lowest BCUT2D eigenvalue weighted by molar-refractivity contribution is -0.121. The molecule has 0 heterocycles. The van der Waals surface area contributed by atoms with Gasteiger partial charge in [0.15, 0.2) is 11.9 Å². The van der Waals surface area contributed by atoms with Crippen LogP contribution in [0, 0.1) is 6.92 Å². The van der Waals surface area contributed by atoms with Gasteiger partial charge in [-0.1, -0.05) is 54.6 Å². The number of carbonyl (C=O) groups is 1. The molecule has 2 nitrogen and oxygen atoms in total. The molecule has 17 heavy (non-hydrogen) atoms. The summed E-state index contributed by atoms with van der Waals surface area (Å²) in [5.41, 5.74) is 0.545. The molecule has 0 saturated carbocycles. The maximum Gasteiger partial charge on any atom is 0.170 e. The van der Waals surface area contributed by atoms with Crippen LogP contribution in [0.15, 0.2) is 54.6 Å². The fraction of sp³-hybridized carbons (Fsp3) is 0.133. The lowest BCUT2D eigenvalue weighted by Crippen LogP contribution is -2.29. The molecular weight excluding hydrogens is 212 g/mol. The van der Waals surface area contributed by atoms with Crippen molar-refractivity contribution in [3.8, 4) is 0 Å². The third kappa shape index (κ3) is 1.99. The molecule has 0 aliphatic rings. The normalized spacial score (nSPS) is 14.0. The second kappa shape index (κ2) is 4.52. The Morgan fingerprint density at radius 1 is 1.00 bits per heavy atom. The van der Waals surface area contributed by atoms with Crippen molar-refractivity contribution < 1.29 is 9.90 Å². The number of rotatable bonds is 3. The number of hydrogen-bond donors (Lipinski definition) is 1. The first-order valence-electron chi connectivity index (χ1n) is 5.49. The molecule has 0 aromatic heterocycles. The highest BCUT2D eigenvalue weighted by Crippen LogP contribution is 2.29. The van der Waals surface area contributed by atoms with Gasteiger partial charge in [-0.05, 0) is 23.6 Å². The molecule has 0 fully saturated rings. The summed E-state index contributed by atoms with van der Waals surface area (Å²) in [7, 11) is 0. The van der Waals surface area contributed by atoms with Crippen molar-refractivity contribution in [2.24, 2.45) is 0 Å². The van der Waals surface area contributed by atoms with E-state index >= 15 is 0 Å². The van der Waals surface area contributed by atoms with Crippen LogP contribution < -0.4 is 0 Å². The maximum atomic E-state index is 11.3. The first kappa shape index (κ1) is 11.6. The van der Waals surface area contributed by atoms with E-state index in [2.05, 4.69) is 0 Å². The number of carbonyl (C=O) groups excluding carboxylic acids is 1. The zero-order valence-corrected chi connectivity index (χ0v) is 9.63. The van der Waals surface area contributed by atoms with Gasteiger partial charge in [0, 0.05) is 0 Å². The molecule has 1 N–H and O–H groups in total. The van der Waals surface area contributed by atoms with Gasteiger partial charge < -0.3 is 5.11 Å². The topological polar surface area (TPSA) is 37.3 Å². The molecule has 0 aliphatic heterocycles. The van der Waals surface area contributed by atoms with E-state index < -0.39 is 5.60 Å². The minimum Gasteiger partial charge on any atom is -0.373 e. The third-order valence-corrected chi connectivity index (χ3v) is 2.94. The number of benzene rings is 2. The highest BCUT2D eigenvalue weighted by molar-refractivity contribution is 5.73. The van der Waals surface area contributed by atoms with Crippen LogP contribution in [0.3, 0.4) is 0 Å². The molecule has 1 atom stereocenters. The summed E-state index contributed by atoms with van der Waals surface area (Å²) in [6.45, 7) is 1.88. The van der Waals surface area contributed by atoms with Crippen LogP contribution in [0.2, 0.25) is 0 Å². The molecule has 2 heteroatoms. The molecule has 2 aromatic carbocycles. The Labute approximate surface area is 101 Å². The predicted octanol–water partition coefficient (Wildman–Crippen LogP) is 2.43. The maximum absolute atomic E-state index is 11.3. The predicted molar refractivity (Wildman–Crippen MR) is 66.7 cm³/mol. The highest BCUT2D eigenvalue weighted by atomic mass is 16.3. The van der Waals surface area contributed by atoms with Crippen LogP contribution in [-0.4, -0.2) is 11.4 Å². The summed E-state index contributed by atoms with van der Waals surface area (Å²) in [4.78, 5) is 11.3. The average Bonchev–Trinajstić information content (AvgIpc) is 2.39. The van der Waals surface area contributed by atoms with Gasteiger partial charge >= 0.3 is 0 Å². The number of aliphatic hydroxyl groups is 1. The van der Waals surface area contributed by atoms with Crippen molar-refractivity contribution in [1.29, 1.82) is 0 Å². The lowest BCUT2D eigenvalue weighted by atomic mass is 9.85. The molecule has 1 unspecified atom stereocenters. The third-order valence-electron chi connectivity index (χ3n) is 2.94. The van der Waals surface area contributed by atoms with E-state index in [1.807, 2.05) is 43.3 Å². The Hall–Kier alpha value is -1.93. The number of hydrogen-bond acceptors (Lipinski definition) is 2. The molecule has 0 bridgehead atoms. The van der Waals surface area contributed by atoms with Crippen LogP contribution in [0.4, 0.5) is 0 Å². The molecule has 0 radical (unpaired) electrons. The summed E-state index contributed by atoms with van der Waals surface area (Å²) in [5.74, 6) is 0. The van der Waals surface area contributed by atoms with Crippen LogP contribution in [0.5, 0.6) is 0 Å². The van der Waals surface area contributed by atoms with Crippen LogP contribution in [0.25, 0.3) is 0 Å². The van der Waals surface area contributed by atoms with Crippen molar-refractivity contribution in [2.75, 3.05) is 0 Å². The summed E-state index contributed by atoms with van der Waals surface area (Å²) < 4.78 is 0. The summed E-state index contributed by atoms with van der Waals surface area (Å²) >= 11 is 0. The number of aryl methyl sites for hydroxylation is 1. The first-order chi connectivity index (χ1) is 8.18. The lowest BCUT2D eigenvalue weighted by Gasteiger charge is -2.24.